The third-order valence-electron chi connectivity index (χ3n) is 3.74. The Hall–Kier alpha value is -1.39. The standard InChI is InChI=1S/C15H22N2O2/c1-16-9-6-10-17(2)13(11-16)15(18)12-7-4-5-8-14(12)19-3/h4-5,7-8,13H,6,9-11H2,1-3H3. The van der Waals surface area contributed by atoms with Crippen molar-refractivity contribution in [2.75, 3.05) is 40.8 Å². The van der Waals surface area contributed by atoms with Crippen LogP contribution in [0.4, 0.5) is 0 Å². The van der Waals surface area contributed by atoms with E-state index in [2.05, 4.69) is 16.8 Å². The lowest BCUT2D eigenvalue weighted by atomic mass is 10.0. The van der Waals surface area contributed by atoms with E-state index in [0.717, 1.165) is 26.1 Å². The Balaban J connectivity index is 2.26. The van der Waals surface area contributed by atoms with Gasteiger partial charge >= 0.3 is 0 Å². The molecule has 1 unspecified atom stereocenters. The third kappa shape index (κ3) is 3.14. The fraction of sp³-hybridized carbons (Fsp3) is 0.533. The van der Waals surface area contributed by atoms with Crippen molar-refractivity contribution in [2.45, 2.75) is 12.5 Å². The molecule has 0 amide bonds. The van der Waals surface area contributed by atoms with Crippen LogP contribution in [-0.2, 0) is 0 Å². The Kier molecular flexibility index (Phi) is 4.56. The molecule has 0 bridgehead atoms. The maximum atomic E-state index is 12.7. The number of nitrogens with zero attached hydrogens (tertiary/aromatic N) is 2. The lowest BCUT2D eigenvalue weighted by molar-refractivity contribution is 0.0836. The van der Waals surface area contributed by atoms with Gasteiger partial charge in [0, 0.05) is 6.54 Å². The van der Waals surface area contributed by atoms with Gasteiger partial charge in [-0.2, -0.15) is 0 Å². The molecule has 1 aromatic rings. The van der Waals surface area contributed by atoms with Crippen molar-refractivity contribution in [3.05, 3.63) is 29.8 Å². The van der Waals surface area contributed by atoms with Gasteiger partial charge < -0.3 is 9.64 Å². The molecule has 4 heteroatoms. The van der Waals surface area contributed by atoms with Gasteiger partial charge in [0.1, 0.15) is 5.75 Å². The molecule has 1 aromatic carbocycles. The van der Waals surface area contributed by atoms with Crippen molar-refractivity contribution in [1.82, 2.24) is 9.80 Å². The average molecular weight is 262 g/mol. The molecule has 19 heavy (non-hydrogen) atoms. The number of rotatable bonds is 3. The van der Waals surface area contributed by atoms with Crippen molar-refractivity contribution in [3.8, 4) is 5.75 Å². The van der Waals surface area contributed by atoms with Gasteiger partial charge in [0.2, 0.25) is 0 Å². The van der Waals surface area contributed by atoms with Gasteiger partial charge in [-0.25, -0.2) is 0 Å². The number of likely N-dealkylation sites (N-methyl/N-ethyl adjacent to an activating group) is 2. The van der Waals surface area contributed by atoms with E-state index in [4.69, 9.17) is 4.74 Å². The topological polar surface area (TPSA) is 32.8 Å². The van der Waals surface area contributed by atoms with Crippen LogP contribution in [0.3, 0.4) is 0 Å². The first-order valence-electron chi connectivity index (χ1n) is 6.69. The first-order chi connectivity index (χ1) is 9.13. The second-order valence-electron chi connectivity index (χ2n) is 5.18. The predicted octanol–water partition coefficient (Wildman–Crippen LogP) is 1.51. The van der Waals surface area contributed by atoms with Crippen LogP contribution in [0, 0.1) is 0 Å². The van der Waals surface area contributed by atoms with E-state index < -0.39 is 0 Å². The lowest BCUT2D eigenvalue weighted by Gasteiger charge is -2.26. The summed E-state index contributed by atoms with van der Waals surface area (Å²) < 4.78 is 5.30. The minimum Gasteiger partial charge on any atom is -0.496 e. The Labute approximate surface area is 115 Å². The van der Waals surface area contributed by atoms with Crippen molar-refractivity contribution < 1.29 is 9.53 Å². The number of methoxy groups -OCH3 is 1. The minimum absolute atomic E-state index is 0.0937. The summed E-state index contributed by atoms with van der Waals surface area (Å²) in [5.41, 5.74) is 0.678. The summed E-state index contributed by atoms with van der Waals surface area (Å²) in [7, 11) is 5.70. The largest absolute Gasteiger partial charge is 0.496 e. The monoisotopic (exact) mass is 262 g/mol. The highest BCUT2D eigenvalue weighted by Gasteiger charge is 2.29. The summed E-state index contributed by atoms with van der Waals surface area (Å²) in [6.45, 7) is 2.77. The number of carbonyl (C=O) groups excluding carboxylic acids is 1. The van der Waals surface area contributed by atoms with Gasteiger partial charge in [-0.3, -0.25) is 9.69 Å². The Morgan fingerprint density at radius 1 is 1.26 bits per heavy atom. The molecule has 1 fully saturated rings. The van der Waals surface area contributed by atoms with E-state index in [-0.39, 0.29) is 11.8 Å². The minimum atomic E-state index is -0.0937. The van der Waals surface area contributed by atoms with E-state index in [0.29, 0.717) is 11.3 Å². The van der Waals surface area contributed by atoms with Crippen LogP contribution in [0.15, 0.2) is 24.3 Å². The fourth-order valence-electron chi connectivity index (χ4n) is 2.58. The number of ether oxygens (including phenoxy) is 1. The summed E-state index contributed by atoms with van der Waals surface area (Å²) in [4.78, 5) is 17.1. The van der Waals surface area contributed by atoms with Crippen LogP contribution in [0.5, 0.6) is 5.75 Å². The van der Waals surface area contributed by atoms with Gasteiger partial charge in [-0.1, -0.05) is 12.1 Å². The number of hydrogen-bond acceptors (Lipinski definition) is 4. The molecule has 104 valence electrons. The van der Waals surface area contributed by atoms with Crippen LogP contribution in [0.2, 0.25) is 0 Å². The number of Topliss-reactive ketones (excluding diaryl/α,β-unsaturated/α-hetero) is 1. The SMILES string of the molecule is COc1ccccc1C(=O)C1CN(C)CCCN1C. The average Bonchev–Trinajstić information content (AvgIpc) is 2.59. The van der Waals surface area contributed by atoms with Crippen LogP contribution in [0.25, 0.3) is 0 Å². The molecule has 1 atom stereocenters. The zero-order valence-electron chi connectivity index (χ0n) is 11.9. The van der Waals surface area contributed by atoms with E-state index in [1.54, 1.807) is 7.11 Å². The molecule has 4 nitrogen and oxygen atoms in total. The summed E-state index contributed by atoms with van der Waals surface area (Å²) in [6, 6.07) is 7.37. The fourth-order valence-corrected chi connectivity index (χ4v) is 2.58. The van der Waals surface area contributed by atoms with Crippen molar-refractivity contribution in [3.63, 3.8) is 0 Å². The highest BCUT2D eigenvalue weighted by molar-refractivity contribution is 6.02. The zero-order valence-corrected chi connectivity index (χ0v) is 11.9. The Bertz CT molecular complexity index is 448. The molecule has 0 N–H and O–H groups in total. The molecule has 0 aromatic heterocycles. The molecule has 1 heterocycles. The smallest absolute Gasteiger partial charge is 0.184 e. The highest BCUT2D eigenvalue weighted by atomic mass is 16.5. The molecule has 0 spiro atoms. The van der Waals surface area contributed by atoms with Crippen LogP contribution < -0.4 is 4.74 Å². The van der Waals surface area contributed by atoms with E-state index in [1.165, 1.54) is 0 Å². The molecular weight excluding hydrogens is 240 g/mol. The summed E-state index contributed by atoms with van der Waals surface area (Å²) in [5.74, 6) is 0.807. The summed E-state index contributed by atoms with van der Waals surface area (Å²) in [6.07, 6.45) is 1.10. The van der Waals surface area contributed by atoms with Crippen LogP contribution in [0.1, 0.15) is 16.8 Å². The highest BCUT2D eigenvalue weighted by Crippen LogP contribution is 2.21. The maximum absolute atomic E-state index is 12.7. The van der Waals surface area contributed by atoms with E-state index in [1.807, 2.05) is 31.3 Å². The van der Waals surface area contributed by atoms with Gasteiger partial charge in [-0.15, -0.1) is 0 Å². The summed E-state index contributed by atoms with van der Waals surface area (Å²) in [5, 5.41) is 0. The van der Waals surface area contributed by atoms with Crippen LogP contribution >= 0.6 is 0 Å². The molecule has 2 rings (SSSR count). The predicted molar refractivity (Wildman–Crippen MR) is 75.9 cm³/mol. The third-order valence-corrected chi connectivity index (χ3v) is 3.74. The molecular formula is C15H22N2O2. The molecule has 1 aliphatic heterocycles. The lowest BCUT2D eigenvalue weighted by Crippen LogP contribution is -2.43. The van der Waals surface area contributed by atoms with Crippen molar-refractivity contribution in [1.29, 1.82) is 0 Å². The number of ketones is 1. The van der Waals surface area contributed by atoms with Gasteiger partial charge in [0.15, 0.2) is 5.78 Å². The van der Waals surface area contributed by atoms with Gasteiger partial charge in [-0.05, 0) is 45.7 Å². The first kappa shape index (κ1) is 14.0. The molecule has 1 aliphatic rings. The number of para-hydroxylation sites is 1. The normalized spacial score (nSPS) is 21.9. The maximum Gasteiger partial charge on any atom is 0.184 e. The Morgan fingerprint density at radius 3 is 2.74 bits per heavy atom. The van der Waals surface area contributed by atoms with E-state index in [9.17, 15) is 4.79 Å². The first-order valence-corrected chi connectivity index (χ1v) is 6.69. The molecule has 1 saturated heterocycles. The van der Waals surface area contributed by atoms with Crippen molar-refractivity contribution >= 4 is 5.78 Å². The number of benzene rings is 1. The van der Waals surface area contributed by atoms with Gasteiger partial charge in [0.05, 0.1) is 18.7 Å². The summed E-state index contributed by atoms with van der Waals surface area (Å²) >= 11 is 0. The molecule has 0 saturated carbocycles. The van der Waals surface area contributed by atoms with Crippen molar-refractivity contribution in [2.24, 2.45) is 0 Å². The number of carbonyl (C=O) groups is 1. The second kappa shape index (κ2) is 6.17. The second-order valence-corrected chi connectivity index (χ2v) is 5.18. The molecule has 0 radical (unpaired) electrons. The van der Waals surface area contributed by atoms with E-state index >= 15 is 0 Å². The molecule has 0 aliphatic carbocycles. The Morgan fingerprint density at radius 2 is 2.00 bits per heavy atom. The zero-order chi connectivity index (χ0) is 13.8. The quantitative estimate of drug-likeness (QED) is 0.773. The van der Waals surface area contributed by atoms with Crippen LogP contribution in [-0.4, -0.2) is 62.5 Å². The van der Waals surface area contributed by atoms with Gasteiger partial charge in [0.25, 0.3) is 0 Å². The number of hydrogen-bond donors (Lipinski definition) is 0.